The first-order valence-corrected chi connectivity index (χ1v) is 6.53. The highest BCUT2D eigenvalue weighted by Crippen LogP contribution is 2.32. The van der Waals surface area contributed by atoms with Gasteiger partial charge >= 0.3 is 0 Å². The molecule has 1 aromatic carbocycles. The molecule has 2 aromatic heterocycles. The third-order valence-electron chi connectivity index (χ3n) is 2.72. The van der Waals surface area contributed by atoms with E-state index in [9.17, 15) is 0 Å². The van der Waals surface area contributed by atoms with Gasteiger partial charge in [0.1, 0.15) is 17.3 Å². The maximum atomic E-state index is 5.87. The molecule has 3 aromatic rings. The monoisotopic (exact) mass is 256 g/mol. The van der Waals surface area contributed by atoms with Crippen LogP contribution in [0.2, 0.25) is 0 Å². The first-order chi connectivity index (χ1) is 8.86. The molecule has 0 spiro atoms. The molecule has 2 nitrogen and oxygen atoms in total. The summed E-state index contributed by atoms with van der Waals surface area (Å²) in [6, 6.07) is 15.9. The first-order valence-electron chi connectivity index (χ1n) is 5.65. The molecule has 0 aliphatic heterocycles. The summed E-state index contributed by atoms with van der Waals surface area (Å²) < 4.78 is 11.1. The molecule has 0 N–H and O–H groups in total. The third kappa shape index (κ3) is 2.05. The van der Waals surface area contributed by atoms with Crippen molar-refractivity contribution in [1.82, 2.24) is 0 Å². The topological polar surface area (TPSA) is 22.4 Å². The molecule has 3 rings (SSSR count). The molecule has 0 radical (unpaired) electrons. The third-order valence-corrected chi connectivity index (χ3v) is 3.61. The van der Waals surface area contributed by atoms with Gasteiger partial charge in [0.05, 0.1) is 12.0 Å². The van der Waals surface area contributed by atoms with E-state index in [2.05, 4.69) is 6.07 Å². The Hall–Kier alpha value is -2.00. The minimum atomic E-state index is 0.835. The standard InChI is InChI=1S/C15H12O2S/c1-16-12-5-2-4-11(10-12)13-7-8-14(17-13)15-6-3-9-18-15/h2-10H,1H3. The van der Waals surface area contributed by atoms with Crippen molar-refractivity contribution >= 4 is 11.3 Å². The minimum absolute atomic E-state index is 0.835. The molecule has 0 aliphatic carbocycles. The van der Waals surface area contributed by atoms with Gasteiger partial charge in [-0.15, -0.1) is 11.3 Å². The fraction of sp³-hybridized carbons (Fsp3) is 0.0667. The lowest BCUT2D eigenvalue weighted by Crippen LogP contribution is -1.82. The number of hydrogen-bond acceptors (Lipinski definition) is 3. The van der Waals surface area contributed by atoms with Crippen LogP contribution in [-0.4, -0.2) is 7.11 Å². The van der Waals surface area contributed by atoms with Gasteiger partial charge in [-0.05, 0) is 35.7 Å². The van der Waals surface area contributed by atoms with Crippen LogP contribution in [0.1, 0.15) is 0 Å². The van der Waals surface area contributed by atoms with Gasteiger partial charge < -0.3 is 9.15 Å². The van der Waals surface area contributed by atoms with Crippen molar-refractivity contribution in [3.8, 4) is 27.7 Å². The summed E-state index contributed by atoms with van der Waals surface area (Å²) in [4.78, 5) is 1.14. The summed E-state index contributed by atoms with van der Waals surface area (Å²) in [5.41, 5.74) is 1.03. The Labute approximate surface area is 109 Å². The van der Waals surface area contributed by atoms with E-state index < -0.39 is 0 Å². The lowest BCUT2D eigenvalue weighted by atomic mass is 10.2. The van der Waals surface area contributed by atoms with E-state index in [-0.39, 0.29) is 0 Å². The summed E-state index contributed by atoms with van der Waals surface area (Å²) in [5.74, 6) is 2.60. The van der Waals surface area contributed by atoms with Crippen molar-refractivity contribution in [2.75, 3.05) is 7.11 Å². The zero-order chi connectivity index (χ0) is 12.4. The van der Waals surface area contributed by atoms with Gasteiger partial charge in [-0.3, -0.25) is 0 Å². The highest BCUT2D eigenvalue weighted by molar-refractivity contribution is 7.13. The number of benzene rings is 1. The number of thiophene rings is 1. The van der Waals surface area contributed by atoms with Crippen LogP contribution in [-0.2, 0) is 0 Å². The molecule has 0 unspecified atom stereocenters. The van der Waals surface area contributed by atoms with Gasteiger partial charge in [-0.1, -0.05) is 18.2 Å². The molecule has 0 fully saturated rings. The van der Waals surface area contributed by atoms with Gasteiger partial charge in [0.25, 0.3) is 0 Å². The Kier molecular flexibility index (Phi) is 2.90. The molecule has 3 heteroatoms. The fourth-order valence-corrected chi connectivity index (χ4v) is 2.51. The fourth-order valence-electron chi connectivity index (χ4n) is 1.82. The maximum Gasteiger partial charge on any atom is 0.144 e. The van der Waals surface area contributed by atoms with Crippen molar-refractivity contribution in [1.29, 1.82) is 0 Å². The predicted octanol–water partition coefficient (Wildman–Crippen LogP) is 4.68. The van der Waals surface area contributed by atoms with Crippen molar-refractivity contribution in [3.05, 3.63) is 53.9 Å². The highest BCUT2D eigenvalue weighted by atomic mass is 32.1. The molecule has 90 valence electrons. The van der Waals surface area contributed by atoms with E-state index >= 15 is 0 Å². The van der Waals surface area contributed by atoms with Crippen LogP contribution >= 0.6 is 11.3 Å². The molecule has 0 amide bonds. The molecular formula is C15H12O2S. The molecule has 0 saturated heterocycles. The average Bonchev–Trinajstić information content (AvgIpc) is 3.09. The Morgan fingerprint density at radius 2 is 1.89 bits per heavy atom. The lowest BCUT2D eigenvalue weighted by molar-refractivity contribution is 0.415. The van der Waals surface area contributed by atoms with Gasteiger partial charge in [0.2, 0.25) is 0 Å². The SMILES string of the molecule is COc1cccc(-c2ccc(-c3cccs3)o2)c1. The second-order valence-corrected chi connectivity index (χ2v) is 4.82. The van der Waals surface area contributed by atoms with Crippen LogP contribution in [0.25, 0.3) is 22.0 Å². The Morgan fingerprint density at radius 1 is 1.00 bits per heavy atom. The largest absolute Gasteiger partial charge is 0.497 e. The van der Waals surface area contributed by atoms with Gasteiger partial charge in [0.15, 0.2) is 0 Å². The summed E-state index contributed by atoms with van der Waals surface area (Å²) in [7, 11) is 1.67. The van der Waals surface area contributed by atoms with E-state index in [4.69, 9.17) is 9.15 Å². The molecule has 0 aliphatic rings. The van der Waals surface area contributed by atoms with E-state index in [0.29, 0.717) is 0 Å². The van der Waals surface area contributed by atoms with E-state index in [1.807, 2.05) is 47.8 Å². The van der Waals surface area contributed by atoms with Gasteiger partial charge in [-0.25, -0.2) is 0 Å². The summed E-state index contributed by atoms with van der Waals surface area (Å²) >= 11 is 1.67. The van der Waals surface area contributed by atoms with E-state index in [0.717, 1.165) is 27.7 Å². The van der Waals surface area contributed by atoms with Crippen molar-refractivity contribution in [2.45, 2.75) is 0 Å². The Bertz CT molecular complexity index is 638. The predicted molar refractivity (Wildman–Crippen MR) is 74.0 cm³/mol. The molecular weight excluding hydrogens is 244 g/mol. The van der Waals surface area contributed by atoms with Crippen molar-refractivity contribution in [3.63, 3.8) is 0 Å². The van der Waals surface area contributed by atoms with Crippen LogP contribution in [0, 0.1) is 0 Å². The number of rotatable bonds is 3. The van der Waals surface area contributed by atoms with Crippen LogP contribution in [0.5, 0.6) is 5.75 Å². The maximum absolute atomic E-state index is 5.87. The normalized spacial score (nSPS) is 10.5. The van der Waals surface area contributed by atoms with Crippen molar-refractivity contribution in [2.24, 2.45) is 0 Å². The van der Waals surface area contributed by atoms with Crippen LogP contribution in [0.15, 0.2) is 58.3 Å². The summed E-state index contributed by atoms with van der Waals surface area (Å²) in [5, 5.41) is 2.04. The molecule has 0 saturated carbocycles. The van der Waals surface area contributed by atoms with E-state index in [1.54, 1.807) is 18.4 Å². The first kappa shape index (κ1) is 11.1. The molecule has 2 heterocycles. The van der Waals surface area contributed by atoms with E-state index in [1.165, 1.54) is 0 Å². The van der Waals surface area contributed by atoms with Crippen LogP contribution < -0.4 is 4.74 Å². The second-order valence-electron chi connectivity index (χ2n) is 3.87. The van der Waals surface area contributed by atoms with Crippen molar-refractivity contribution < 1.29 is 9.15 Å². The average molecular weight is 256 g/mol. The summed E-state index contributed by atoms with van der Waals surface area (Å²) in [6.45, 7) is 0. The summed E-state index contributed by atoms with van der Waals surface area (Å²) in [6.07, 6.45) is 0. The highest BCUT2D eigenvalue weighted by Gasteiger charge is 2.07. The zero-order valence-corrected chi connectivity index (χ0v) is 10.7. The Balaban J connectivity index is 1.97. The minimum Gasteiger partial charge on any atom is -0.497 e. The van der Waals surface area contributed by atoms with Gasteiger partial charge in [-0.2, -0.15) is 0 Å². The Morgan fingerprint density at radius 3 is 2.67 bits per heavy atom. The number of methoxy groups -OCH3 is 1. The quantitative estimate of drug-likeness (QED) is 0.678. The van der Waals surface area contributed by atoms with Gasteiger partial charge in [0, 0.05) is 5.56 Å². The van der Waals surface area contributed by atoms with Crippen LogP contribution in [0.4, 0.5) is 0 Å². The number of ether oxygens (including phenoxy) is 1. The number of hydrogen-bond donors (Lipinski definition) is 0. The molecule has 18 heavy (non-hydrogen) atoms. The van der Waals surface area contributed by atoms with Crippen LogP contribution in [0.3, 0.4) is 0 Å². The second kappa shape index (κ2) is 4.70. The lowest BCUT2D eigenvalue weighted by Gasteiger charge is -2.01. The smallest absolute Gasteiger partial charge is 0.144 e. The zero-order valence-electron chi connectivity index (χ0n) is 9.92. The molecule has 0 bridgehead atoms. The number of furan rings is 1. The molecule has 0 atom stereocenters.